The summed E-state index contributed by atoms with van der Waals surface area (Å²) >= 11 is 0. The molecule has 1 saturated heterocycles. The molecule has 2 fully saturated rings. The minimum absolute atomic E-state index is 0.263. The number of fused-ring (bicyclic) bond motifs is 2. The minimum Gasteiger partial charge on any atom is -0.440 e. The van der Waals surface area contributed by atoms with Crippen molar-refractivity contribution in [1.82, 2.24) is 19.9 Å². The van der Waals surface area contributed by atoms with Crippen molar-refractivity contribution in [3.63, 3.8) is 0 Å². The number of rotatable bonds is 3. The lowest BCUT2D eigenvalue weighted by atomic mass is 10.0. The van der Waals surface area contributed by atoms with E-state index in [4.69, 9.17) is 0 Å². The summed E-state index contributed by atoms with van der Waals surface area (Å²) in [5.41, 5.74) is 0.781. The molecule has 2 aliphatic rings. The third-order valence-corrected chi connectivity index (χ3v) is 5.56. The number of amides is 1. The topological polar surface area (TPSA) is 74.4 Å². The zero-order valence-corrected chi connectivity index (χ0v) is 14.7. The summed E-state index contributed by atoms with van der Waals surface area (Å²) in [6, 6.07) is 2.20. The molecule has 1 N–H and O–H groups in total. The van der Waals surface area contributed by atoms with Gasteiger partial charge in [0.1, 0.15) is 17.8 Å². The van der Waals surface area contributed by atoms with Gasteiger partial charge < -0.3 is 19.5 Å². The molecule has 0 aromatic carbocycles. The average Bonchev–Trinajstić information content (AvgIpc) is 3.31. The first-order valence-electron chi connectivity index (χ1n) is 8.81. The zero-order chi connectivity index (χ0) is 19.2. The predicted octanol–water partition coefficient (Wildman–Crippen LogP) is 2.80. The number of alkyl halides is 3. The standard InChI is InChI=1S/C17H20F3N5O2/c1-24(15-13-2-3-21-14(13)22-9-23-15)12-4-10-6-25(7-11(10)5-12)16(26)27-8-17(18,19)20/h2-3,9-12H,4-8H2,1H3,(H,21,22,23)/t10-,11?,12+/m1/s1. The largest absolute Gasteiger partial charge is 0.440 e. The van der Waals surface area contributed by atoms with E-state index in [1.165, 1.54) is 11.2 Å². The van der Waals surface area contributed by atoms with Crippen molar-refractivity contribution in [2.75, 3.05) is 31.6 Å². The number of nitrogens with one attached hydrogen (secondary N) is 1. The van der Waals surface area contributed by atoms with Crippen LogP contribution in [0, 0.1) is 11.8 Å². The van der Waals surface area contributed by atoms with Crippen LogP contribution in [0.15, 0.2) is 18.6 Å². The fourth-order valence-electron chi connectivity index (χ4n) is 4.28. The number of carbonyl (C=O) groups is 1. The molecule has 2 aromatic rings. The monoisotopic (exact) mass is 383 g/mol. The molecule has 10 heteroatoms. The Balaban J connectivity index is 1.37. The van der Waals surface area contributed by atoms with Gasteiger partial charge in [-0.2, -0.15) is 13.2 Å². The van der Waals surface area contributed by atoms with Crippen molar-refractivity contribution < 1.29 is 22.7 Å². The first kappa shape index (κ1) is 17.9. The van der Waals surface area contributed by atoms with Crippen molar-refractivity contribution in [1.29, 1.82) is 0 Å². The number of aromatic amines is 1. The molecule has 4 rings (SSSR count). The Bertz CT molecular complexity index is 825. The lowest BCUT2D eigenvalue weighted by Crippen LogP contribution is -2.36. The molecular formula is C17H20F3N5O2. The molecule has 1 saturated carbocycles. The molecule has 3 heterocycles. The van der Waals surface area contributed by atoms with Crippen molar-refractivity contribution in [3.8, 4) is 0 Å². The first-order chi connectivity index (χ1) is 12.8. The predicted molar refractivity (Wildman–Crippen MR) is 91.3 cm³/mol. The van der Waals surface area contributed by atoms with E-state index in [0.29, 0.717) is 13.1 Å². The van der Waals surface area contributed by atoms with Crippen LogP contribution in [0.4, 0.5) is 23.8 Å². The zero-order valence-electron chi connectivity index (χ0n) is 14.7. The molecule has 1 aliphatic heterocycles. The Hall–Kier alpha value is -2.52. The summed E-state index contributed by atoms with van der Waals surface area (Å²) in [4.78, 5) is 27.1. The minimum atomic E-state index is -4.50. The Morgan fingerprint density at radius 3 is 2.70 bits per heavy atom. The highest BCUT2D eigenvalue weighted by molar-refractivity contribution is 5.87. The quantitative estimate of drug-likeness (QED) is 0.882. The summed E-state index contributed by atoms with van der Waals surface area (Å²) in [5.74, 6) is 1.38. The third kappa shape index (κ3) is 3.52. The molecule has 1 aliphatic carbocycles. The first-order valence-corrected chi connectivity index (χ1v) is 8.81. The molecular weight excluding hydrogens is 363 g/mol. The van der Waals surface area contributed by atoms with Crippen LogP contribution in [0.1, 0.15) is 12.8 Å². The van der Waals surface area contributed by atoms with Crippen LogP contribution in [-0.2, 0) is 4.74 Å². The fourth-order valence-corrected chi connectivity index (χ4v) is 4.28. The molecule has 3 atom stereocenters. The van der Waals surface area contributed by atoms with E-state index in [9.17, 15) is 18.0 Å². The molecule has 0 spiro atoms. The van der Waals surface area contributed by atoms with Gasteiger partial charge in [0.15, 0.2) is 6.61 Å². The Morgan fingerprint density at radius 1 is 1.33 bits per heavy atom. The third-order valence-electron chi connectivity index (χ3n) is 5.56. The van der Waals surface area contributed by atoms with Crippen LogP contribution in [-0.4, -0.2) is 64.9 Å². The molecule has 0 radical (unpaired) electrons. The Morgan fingerprint density at radius 2 is 2.04 bits per heavy atom. The van der Waals surface area contributed by atoms with E-state index in [1.54, 1.807) is 0 Å². The van der Waals surface area contributed by atoms with Crippen LogP contribution in [0.5, 0.6) is 0 Å². The van der Waals surface area contributed by atoms with Gasteiger partial charge >= 0.3 is 12.3 Å². The fraction of sp³-hybridized carbons (Fsp3) is 0.588. The van der Waals surface area contributed by atoms with Crippen LogP contribution >= 0.6 is 0 Å². The number of H-pyrrole nitrogens is 1. The van der Waals surface area contributed by atoms with Gasteiger partial charge in [-0.25, -0.2) is 14.8 Å². The summed E-state index contributed by atoms with van der Waals surface area (Å²) in [7, 11) is 2.00. The molecule has 2 aromatic heterocycles. The van der Waals surface area contributed by atoms with Gasteiger partial charge in [-0.15, -0.1) is 0 Å². The van der Waals surface area contributed by atoms with E-state index in [0.717, 1.165) is 29.7 Å². The summed E-state index contributed by atoms with van der Waals surface area (Å²) in [6.45, 7) is -0.659. The SMILES string of the molecule is CN(c1ncnc2[nH]ccc12)[C@@H]1CC2CN(C(=O)OCC(F)(F)F)C[C@H]2C1. The normalized spacial score (nSPS) is 25.0. The van der Waals surface area contributed by atoms with Crippen LogP contribution in [0.2, 0.25) is 0 Å². The highest BCUT2D eigenvalue weighted by Crippen LogP contribution is 2.41. The Labute approximate surface area is 153 Å². The lowest BCUT2D eigenvalue weighted by molar-refractivity contribution is -0.162. The number of likely N-dealkylation sites (tertiary alicyclic amines) is 1. The second-order valence-electron chi connectivity index (χ2n) is 7.27. The van der Waals surface area contributed by atoms with Gasteiger partial charge in [0.05, 0.1) is 5.39 Å². The maximum atomic E-state index is 12.2. The maximum absolute atomic E-state index is 12.2. The number of ether oxygens (including phenoxy) is 1. The molecule has 27 heavy (non-hydrogen) atoms. The highest BCUT2D eigenvalue weighted by Gasteiger charge is 2.44. The van der Waals surface area contributed by atoms with Crippen molar-refractivity contribution in [3.05, 3.63) is 18.6 Å². The van der Waals surface area contributed by atoms with Gasteiger partial charge in [-0.3, -0.25) is 0 Å². The van der Waals surface area contributed by atoms with E-state index < -0.39 is 18.9 Å². The second kappa shape index (κ2) is 6.58. The van der Waals surface area contributed by atoms with Gasteiger partial charge in [-0.05, 0) is 30.7 Å². The summed E-state index contributed by atoms with van der Waals surface area (Å²) < 4.78 is 41.0. The van der Waals surface area contributed by atoms with Crippen molar-refractivity contribution in [2.45, 2.75) is 25.1 Å². The van der Waals surface area contributed by atoms with E-state index in [1.807, 2.05) is 19.3 Å². The van der Waals surface area contributed by atoms with Gasteiger partial charge in [0.2, 0.25) is 0 Å². The number of hydrogen-bond acceptors (Lipinski definition) is 5. The maximum Gasteiger partial charge on any atom is 0.422 e. The van der Waals surface area contributed by atoms with E-state index >= 15 is 0 Å². The van der Waals surface area contributed by atoms with E-state index in [2.05, 4.69) is 24.6 Å². The van der Waals surface area contributed by atoms with Gasteiger partial charge in [0, 0.05) is 32.4 Å². The second-order valence-corrected chi connectivity index (χ2v) is 7.27. The number of nitrogens with zero attached hydrogens (tertiary/aromatic N) is 4. The summed E-state index contributed by atoms with van der Waals surface area (Å²) in [6.07, 6.45) is -0.305. The van der Waals surface area contributed by atoms with Crippen LogP contribution in [0.25, 0.3) is 11.0 Å². The number of anilines is 1. The van der Waals surface area contributed by atoms with Gasteiger partial charge in [-0.1, -0.05) is 0 Å². The molecule has 0 bridgehead atoms. The number of carbonyl (C=O) groups excluding carboxylic acids is 1. The van der Waals surface area contributed by atoms with E-state index in [-0.39, 0.29) is 17.9 Å². The number of aromatic nitrogens is 3. The van der Waals surface area contributed by atoms with Crippen LogP contribution < -0.4 is 4.90 Å². The highest BCUT2D eigenvalue weighted by atomic mass is 19.4. The molecule has 146 valence electrons. The Kier molecular flexibility index (Phi) is 4.35. The van der Waals surface area contributed by atoms with Crippen LogP contribution in [0.3, 0.4) is 0 Å². The van der Waals surface area contributed by atoms with Gasteiger partial charge in [0.25, 0.3) is 0 Å². The van der Waals surface area contributed by atoms with Crippen molar-refractivity contribution >= 4 is 22.9 Å². The lowest BCUT2D eigenvalue weighted by Gasteiger charge is -2.27. The number of halogens is 3. The molecule has 1 amide bonds. The number of hydrogen-bond donors (Lipinski definition) is 1. The average molecular weight is 383 g/mol. The smallest absolute Gasteiger partial charge is 0.422 e. The van der Waals surface area contributed by atoms with Crippen molar-refractivity contribution in [2.24, 2.45) is 11.8 Å². The molecule has 1 unspecified atom stereocenters. The molecule has 7 nitrogen and oxygen atoms in total. The summed E-state index contributed by atoms with van der Waals surface area (Å²) in [5, 5.41) is 0.953.